The second kappa shape index (κ2) is 8.41. The van der Waals surface area contributed by atoms with Crippen LogP contribution in [0.15, 0.2) is 42.5 Å². The molecule has 4 nitrogen and oxygen atoms in total. The Morgan fingerprint density at radius 2 is 1.74 bits per heavy atom. The molecule has 2 aromatic carbocycles. The van der Waals surface area contributed by atoms with Crippen molar-refractivity contribution in [1.29, 1.82) is 0 Å². The van der Waals surface area contributed by atoms with Crippen LogP contribution in [0.2, 0.25) is 15.1 Å². The molecule has 0 aliphatic rings. The van der Waals surface area contributed by atoms with Gasteiger partial charge >= 0.3 is 0 Å². The molecule has 0 fully saturated rings. The molecule has 0 bridgehead atoms. The minimum Gasteiger partial charge on any atom is -0.484 e. The molecule has 2 rings (SSSR count). The number of rotatable bonds is 6. The number of aliphatic hydroxyl groups is 1. The quantitative estimate of drug-likeness (QED) is 0.807. The summed E-state index contributed by atoms with van der Waals surface area (Å²) in [6.07, 6.45) is -0.931. The van der Waals surface area contributed by atoms with Gasteiger partial charge in [0.2, 0.25) is 0 Å². The van der Waals surface area contributed by atoms with Crippen LogP contribution in [0.1, 0.15) is 11.7 Å². The van der Waals surface area contributed by atoms with Crippen molar-refractivity contribution in [3.05, 3.63) is 63.1 Å². The van der Waals surface area contributed by atoms with E-state index in [0.29, 0.717) is 26.4 Å². The van der Waals surface area contributed by atoms with Crippen LogP contribution in [0.5, 0.6) is 5.75 Å². The van der Waals surface area contributed by atoms with Crippen molar-refractivity contribution in [3.63, 3.8) is 0 Å². The number of ether oxygens (including phenoxy) is 1. The molecule has 2 N–H and O–H groups in total. The van der Waals surface area contributed by atoms with E-state index in [-0.39, 0.29) is 19.1 Å². The van der Waals surface area contributed by atoms with E-state index in [0.717, 1.165) is 0 Å². The number of nitrogens with one attached hydrogen (secondary N) is 1. The van der Waals surface area contributed by atoms with Crippen molar-refractivity contribution in [1.82, 2.24) is 5.32 Å². The third-order valence-electron chi connectivity index (χ3n) is 3.00. The number of amides is 1. The fourth-order valence-electron chi connectivity index (χ4n) is 1.82. The van der Waals surface area contributed by atoms with Crippen LogP contribution in [0.3, 0.4) is 0 Å². The molecule has 1 amide bonds. The van der Waals surface area contributed by atoms with E-state index in [2.05, 4.69) is 5.32 Å². The van der Waals surface area contributed by atoms with E-state index in [4.69, 9.17) is 39.5 Å². The van der Waals surface area contributed by atoms with Gasteiger partial charge in [-0.15, -0.1) is 0 Å². The molecule has 0 radical (unpaired) electrons. The lowest BCUT2D eigenvalue weighted by Crippen LogP contribution is -2.32. The Kier molecular flexibility index (Phi) is 6.54. The molecule has 1 unspecified atom stereocenters. The summed E-state index contributed by atoms with van der Waals surface area (Å²) in [7, 11) is 0. The lowest BCUT2D eigenvalue weighted by molar-refractivity contribution is -0.123. The first-order valence-electron chi connectivity index (χ1n) is 6.74. The van der Waals surface area contributed by atoms with Gasteiger partial charge in [0.1, 0.15) is 5.75 Å². The second-order valence-electron chi connectivity index (χ2n) is 4.73. The van der Waals surface area contributed by atoms with Crippen molar-refractivity contribution in [2.24, 2.45) is 0 Å². The Hall–Kier alpha value is -1.46. The van der Waals surface area contributed by atoms with Gasteiger partial charge in [-0.25, -0.2) is 0 Å². The van der Waals surface area contributed by atoms with Crippen molar-refractivity contribution >= 4 is 40.7 Å². The van der Waals surface area contributed by atoms with Crippen molar-refractivity contribution < 1.29 is 14.6 Å². The molecular weight excluding hydrogens is 361 g/mol. The van der Waals surface area contributed by atoms with E-state index < -0.39 is 6.10 Å². The summed E-state index contributed by atoms with van der Waals surface area (Å²) >= 11 is 17.6. The topological polar surface area (TPSA) is 58.6 Å². The van der Waals surface area contributed by atoms with Crippen molar-refractivity contribution in [3.8, 4) is 5.75 Å². The largest absolute Gasteiger partial charge is 0.484 e. The fraction of sp³-hybridized carbons (Fsp3) is 0.188. The highest BCUT2D eigenvalue weighted by molar-refractivity contribution is 6.35. The summed E-state index contributed by atoms with van der Waals surface area (Å²) in [6.45, 7) is -0.146. The zero-order valence-electron chi connectivity index (χ0n) is 11.9. The Balaban J connectivity index is 1.80. The number of carbonyl (C=O) groups is 1. The maximum absolute atomic E-state index is 11.7. The summed E-state index contributed by atoms with van der Waals surface area (Å²) in [6, 6.07) is 11.4. The zero-order valence-corrected chi connectivity index (χ0v) is 14.2. The van der Waals surface area contributed by atoms with Gasteiger partial charge in [0.25, 0.3) is 5.91 Å². The molecule has 7 heteroatoms. The lowest BCUT2D eigenvalue weighted by atomic mass is 10.1. The van der Waals surface area contributed by atoms with Gasteiger partial charge in [0.15, 0.2) is 6.61 Å². The SMILES string of the molecule is O=C(COc1ccc(Cl)cc1)NCC(O)c1ccc(Cl)cc1Cl. The minimum absolute atomic E-state index is 0.0180. The van der Waals surface area contributed by atoms with Crippen LogP contribution in [-0.4, -0.2) is 24.2 Å². The third-order valence-corrected chi connectivity index (χ3v) is 3.81. The van der Waals surface area contributed by atoms with Crippen LogP contribution in [0.25, 0.3) is 0 Å². The summed E-state index contributed by atoms with van der Waals surface area (Å²) < 4.78 is 5.30. The van der Waals surface area contributed by atoms with Gasteiger partial charge in [0, 0.05) is 27.2 Å². The maximum atomic E-state index is 11.7. The molecule has 122 valence electrons. The molecule has 0 heterocycles. The molecule has 2 aromatic rings. The number of benzene rings is 2. The van der Waals surface area contributed by atoms with Crippen LogP contribution >= 0.6 is 34.8 Å². The minimum atomic E-state index is -0.931. The van der Waals surface area contributed by atoms with Crippen molar-refractivity contribution in [2.45, 2.75) is 6.10 Å². The van der Waals surface area contributed by atoms with Gasteiger partial charge in [-0.05, 0) is 36.4 Å². The zero-order chi connectivity index (χ0) is 16.8. The number of hydrogen-bond donors (Lipinski definition) is 2. The predicted octanol–water partition coefficient (Wildman–Crippen LogP) is 3.88. The average molecular weight is 375 g/mol. The van der Waals surface area contributed by atoms with Gasteiger partial charge in [-0.2, -0.15) is 0 Å². The van der Waals surface area contributed by atoms with Gasteiger partial charge in [-0.1, -0.05) is 40.9 Å². The second-order valence-corrected chi connectivity index (χ2v) is 6.01. The molecular formula is C16H14Cl3NO3. The van der Waals surface area contributed by atoms with E-state index in [1.54, 1.807) is 36.4 Å². The number of carbonyl (C=O) groups excluding carboxylic acids is 1. The average Bonchev–Trinajstić information content (AvgIpc) is 2.52. The Bertz CT molecular complexity index is 677. The Morgan fingerprint density at radius 3 is 2.39 bits per heavy atom. The summed E-state index contributed by atoms with van der Waals surface area (Å²) in [5.41, 5.74) is 0.495. The Labute approximate surface area is 148 Å². The predicted molar refractivity (Wildman–Crippen MR) is 91.4 cm³/mol. The summed E-state index contributed by atoms with van der Waals surface area (Å²) in [5.74, 6) is 0.176. The molecule has 0 saturated heterocycles. The maximum Gasteiger partial charge on any atom is 0.258 e. The highest BCUT2D eigenvalue weighted by atomic mass is 35.5. The molecule has 1 atom stereocenters. The Morgan fingerprint density at radius 1 is 1.09 bits per heavy atom. The summed E-state index contributed by atoms with van der Waals surface area (Å²) in [4.78, 5) is 11.7. The molecule has 0 aromatic heterocycles. The molecule has 0 spiro atoms. The highest BCUT2D eigenvalue weighted by Crippen LogP contribution is 2.25. The first kappa shape index (κ1) is 17.9. The van der Waals surface area contributed by atoms with Gasteiger partial charge in [0.05, 0.1) is 6.10 Å². The molecule has 0 saturated carbocycles. The van der Waals surface area contributed by atoms with E-state index >= 15 is 0 Å². The van der Waals surface area contributed by atoms with Crippen LogP contribution < -0.4 is 10.1 Å². The first-order valence-corrected chi connectivity index (χ1v) is 7.87. The molecule has 0 aliphatic heterocycles. The number of aliphatic hydroxyl groups excluding tert-OH is 1. The van der Waals surface area contributed by atoms with Crippen LogP contribution in [-0.2, 0) is 4.79 Å². The standard InChI is InChI=1S/C16H14Cl3NO3/c17-10-1-4-12(5-2-10)23-9-16(22)20-8-15(21)13-6-3-11(18)7-14(13)19/h1-7,15,21H,8-9H2,(H,20,22). The van der Waals surface area contributed by atoms with Gasteiger partial charge < -0.3 is 15.2 Å². The van der Waals surface area contributed by atoms with Crippen molar-refractivity contribution in [2.75, 3.05) is 13.2 Å². The monoisotopic (exact) mass is 373 g/mol. The molecule has 0 aliphatic carbocycles. The highest BCUT2D eigenvalue weighted by Gasteiger charge is 2.13. The van der Waals surface area contributed by atoms with E-state index in [1.165, 1.54) is 6.07 Å². The smallest absolute Gasteiger partial charge is 0.258 e. The lowest BCUT2D eigenvalue weighted by Gasteiger charge is -2.14. The number of halogens is 3. The molecule has 23 heavy (non-hydrogen) atoms. The van der Waals surface area contributed by atoms with E-state index in [1.807, 2.05) is 0 Å². The first-order chi connectivity index (χ1) is 11.0. The number of hydrogen-bond acceptors (Lipinski definition) is 3. The van der Waals surface area contributed by atoms with Gasteiger partial charge in [-0.3, -0.25) is 4.79 Å². The normalized spacial score (nSPS) is 11.8. The van der Waals surface area contributed by atoms with Crippen LogP contribution in [0.4, 0.5) is 0 Å². The van der Waals surface area contributed by atoms with Crippen LogP contribution in [0, 0.1) is 0 Å². The third kappa shape index (κ3) is 5.59. The summed E-state index contributed by atoms with van der Waals surface area (Å²) in [5, 5.41) is 14.0. The fourth-order valence-corrected chi connectivity index (χ4v) is 2.48. The van der Waals surface area contributed by atoms with E-state index in [9.17, 15) is 9.90 Å².